The van der Waals surface area contributed by atoms with Crippen molar-refractivity contribution in [2.45, 2.75) is 77.2 Å². The number of rotatable bonds is 10. The highest BCUT2D eigenvalue weighted by Gasteiger charge is 2.19. The van der Waals surface area contributed by atoms with Gasteiger partial charge in [-0.3, -0.25) is 9.59 Å². The van der Waals surface area contributed by atoms with Crippen LogP contribution in [-0.4, -0.2) is 35.8 Å². The van der Waals surface area contributed by atoms with Crippen LogP contribution in [0.1, 0.15) is 81.5 Å². The largest absolute Gasteiger partial charge is 0.472 e. The molecule has 140 valence electrons. The molecule has 0 aliphatic heterocycles. The molecule has 0 unspecified atom stereocenters. The lowest BCUT2D eigenvalue weighted by atomic mass is 9.95. The van der Waals surface area contributed by atoms with Crippen molar-refractivity contribution < 1.29 is 14.0 Å². The second kappa shape index (κ2) is 11.0. The predicted molar refractivity (Wildman–Crippen MR) is 98.4 cm³/mol. The Kier molecular flexibility index (Phi) is 8.56. The highest BCUT2D eigenvalue weighted by molar-refractivity contribution is 5.94. The standard InChI is InChI=1S/C20H32N2O3/c1-2-3-4-8-13-22(20(24)17-12-15-25-16-17)14-11-19(23)21-18-9-6-5-7-10-18/h12,15-16,18H,2-11,13-14H2,1H3,(H,21,23). The molecule has 2 amide bonds. The molecule has 0 radical (unpaired) electrons. The molecule has 1 aromatic heterocycles. The molecule has 1 aliphatic rings. The van der Waals surface area contributed by atoms with Crippen molar-refractivity contribution in [1.29, 1.82) is 0 Å². The molecule has 25 heavy (non-hydrogen) atoms. The molecule has 1 saturated carbocycles. The van der Waals surface area contributed by atoms with Crippen molar-refractivity contribution in [3.63, 3.8) is 0 Å². The van der Waals surface area contributed by atoms with Gasteiger partial charge in [-0.1, -0.05) is 45.4 Å². The van der Waals surface area contributed by atoms with Crippen molar-refractivity contribution >= 4 is 11.8 Å². The van der Waals surface area contributed by atoms with Crippen LogP contribution >= 0.6 is 0 Å². The summed E-state index contributed by atoms with van der Waals surface area (Å²) in [7, 11) is 0. The zero-order valence-corrected chi connectivity index (χ0v) is 15.5. The third-order valence-corrected chi connectivity index (χ3v) is 4.92. The van der Waals surface area contributed by atoms with E-state index in [0.29, 0.717) is 31.1 Å². The van der Waals surface area contributed by atoms with Crippen LogP contribution in [0.15, 0.2) is 23.0 Å². The van der Waals surface area contributed by atoms with Gasteiger partial charge in [-0.2, -0.15) is 0 Å². The average Bonchev–Trinajstić information content (AvgIpc) is 3.16. The highest BCUT2D eigenvalue weighted by atomic mass is 16.3. The zero-order valence-electron chi connectivity index (χ0n) is 15.5. The van der Waals surface area contributed by atoms with E-state index in [-0.39, 0.29) is 11.8 Å². The summed E-state index contributed by atoms with van der Waals surface area (Å²) < 4.78 is 5.03. The summed E-state index contributed by atoms with van der Waals surface area (Å²) in [6, 6.07) is 2.01. The van der Waals surface area contributed by atoms with Crippen LogP contribution in [-0.2, 0) is 4.79 Å². The van der Waals surface area contributed by atoms with E-state index < -0.39 is 0 Å². The smallest absolute Gasteiger partial charge is 0.257 e. The van der Waals surface area contributed by atoms with Crippen LogP contribution in [0.25, 0.3) is 0 Å². The molecule has 2 rings (SSSR count). The van der Waals surface area contributed by atoms with E-state index >= 15 is 0 Å². The summed E-state index contributed by atoms with van der Waals surface area (Å²) in [6.45, 7) is 3.33. The van der Waals surface area contributed by atoms with Crippen LogP contribution in [0, 0.1) is 0 Å². The van der Waals surface area contributed by atoms with E-state index in [1.54, 1.807) is 11.0 Å². The summed E-state index contributed by atoms with van der Waals surface area (Å²) in [4.78, 5) is 26.6. The first kappa shape index (κ1) is 19.5. The summed E-state index contributed by atoms with van der Waals surface area (Å²) in [5.74, 6) is 0.0150. The van der Waals surface area contributed by atoms with E-state index in [1.807, 2.05) is 0 Å². The second-order valence-electron chi connectivity index (χ2n) is 7.02. The third kappa shape index (κ3) is 6.92. The first-order chi connectivity index (χ1) is 12.2. The van der Waals surface area contributed by atoms with Gasteiger partial charge in [-0.15, -0.1) is 0 Å². The fourth-order valence-electron chi connectivity index (χ4n) is 3.40. The van der Waals surface area contributed by atoms with Crippen LogP contribution in [0.3, 0.4) is 0 Å². The first-order valence-corrected chi connectivity index (χ1v) is 9.81. The van der Waals surface area contributed by atoms with E-state index in [2.05, 4.69) is 12.2 Å². The van der Waals surface area contributed by atoms with Gasteiger partial charge in [0.25, 0.3) is 5.91 Å². The minimum Gasteiger partial charge on any atom is -0.472 e. The van der Waals surface area contributed by atoms with E-state index in [9.17, 15) is 9.59 Å². The maximum atomic E-state index is 12.6. The summed E-state index contributed by atoms with van der Waals surface area (Å²) >= 11 is 0. The van der Waals surface area contributed by atoms with Crippen LogP contribution < -0.4 is 5.32 Å². The molecule has 1 N–H and O–H groups in total. The molecule has 0 spiro atoms. The van der Waals surface area contributed by atoms with Crippen molar-refractivity contribution in [2.24, 2.45) is 0 Å². The minimum absolute atomic E-state index is 0.0456. The summed E-state index contributed by atoms with van der Waals surface area (Å²) in [6.07, 6.45) is 13.6. The number of unbranched alkanes of at least 4 members (excludes halogenated alkanes) is 3. The van der Waals surface area contributed by atoms with Crippen molar-refractivity contribution in [1.82, 2.24) is 10.2 Å². The van der Waals surface area contributed by atoms with Gasteiger partial charge in [-0.25, -0.2) is 0 Å². The summed E-state index contributed by atoms with van der Waals surface area (Å²) in [5, 5.41) is 3.13. The molecule has 0 aromatic carbocycles. The van der Waals surface area contributed by atoms with Crippen LogP contribution in [0.5, 0.6) is 0 Å². The molecule has 1 aromatic rings. The lowest BCUT2D eigenvalue weighted by molar-refractivity contribution is -0.122. The molecule has 1 heterocycles. The Labute approximate surface area is 151 Å². The second-order valence-corrected chi connectivity index (χ2v) is 7.02. The van der Waals surface area contributed by atoms with E-state index in [0.717, 1.165) is 25.7 Å². The van der Waals surface area contributed by atoms with Gasteiger partial charge in [0.2, 0.25) is 5.91 Å². The molecule has 0 atom stereocenters. The number of furan rings is 1. The lowest BCUT2D eigenvalue weighted by Crippen LogP contribution is -2.39. The molecular formula is C20H32N2O3. The Morgan fingerprint density at radius 1 is 1.16 bits per heavy atom. The van der Waals surface area contributed by atoms with Crippen molar-refractivity contribution in [2.75, 3.05) is 13.1 Å². The van der Waals surface area contributed by atoms with Gasteiger partial charge in [0.05, 0.1) is 11.8 Å². The molecule has 5 heteroatoms. The molecular weight excluding hydrogens is 316 g/mol. The van der Waals surface area contributed by atoms with Crippen LogP contribution in [0.4, 0.5) is 0 Å². The maximum absolute atomic E-state index is 12.6. The van der Waals surface area contributed by atoms with Crippen molar-refractivity contribution in [3.8, 4) is 0 Å². The van der Waals surface area contributed by atoms with E-state index in [1.165, 1.54) is 44.6 Å². The number of amides is 2. The van der Waals surface area contributed by atoms with E-state index in [4.69, 9.17) is 4.42 Å². The van der Waals surface area contributed by atoms with Crippen molar-refractivity contribution in [3.05, 3.63) is 24.2 Å². The zero-order chi connectivity index (χ0) is 17.9. The predicted octanol–water partition coefficient (Wildman–Crippen LogP) is 4.14. The van der Waals surface area contributed by atoms with Gasteiger partial charge in [0.1, 0.15) is 6.26 Å². The fraction of sp³-hybridized carbons (Fsp3) is 0.700. The Bertz CT molecular complexity index is 507. The highest BCUT2D eigenvalue weighted by Crippen LogP contribution is 2.17. The Morgan fingerprint density at radius 2 is 1.96 bits per heavy atom. The van der Waals surface area contributed by atoms with Gasteiger partial charge in [0.15, 0.2) is 0 Å². The van der Waals surface area contributed by atoms with Gasteiger partial charge >= 0.3 is 0 Å². The number of nitrogens with one attached hydrogen (secondary N) is 1. The molecule has 0 saturated heterocycles. The summed E-state index contributed by atoms with van der Waals surface area (Å²) in [5.41, 5.74) is 0.559. The normalized spacial score (nSPS) is 15.1. The Morgan fingerprint density at radius 3 is 2.64 bits per heavy atom. The average molecular weight is 348 g/mol. The number of hydrogen-bond donors (Lipinski definition) is 1. The lowest BCUT2D eigenvalue weighted by Gasteiger charge is -2.25. The monoisotopic (exact) mass is 348 g/mol. The molecule has 1 fully saturated rings. The third-order valence-electron chi connectivity index (χ3n) is 4.92. The molecule has 1 aliphatic carbocycles. The number of carbonyl (C=O) groups is 2. The number of carbonyl (C=O) groups excluding carboxylic acids is 2. The Hall–Kier alpha value is -1.78. The topological polar surface area (TPSA) is 62.6 Å². The first-order valence-electron chi connectivity index (χ1n) is 9.81. The quantitative estimate of drug-likeness (QED) is 0.646. The van der Waals surface area contributed by atoms with Gasteiger partial charge in [0, 0.05) is 25.6 Å². The molecule has 5 nitrogen and oxygen atoms in total. The number of nitrogens with zero attached hydrogens (tertiary/aromatic N) is 1. The Balaban J connectivity index is 1.81. The maximum Gasteiger partial charge on any atom is 0.257 e. The molecule has 0 bridgehead atoms. The van der Waals surface area contributed by atoms with Gasteiger partial charge in [-0.05, 0) is 25.3 Å². The minimum atomic E-state index is -0.0456. The number of hydrogen-bond acceptors (Lipinski definition) is 3. The SMILES string of the molecule is CCCCCCN(CCC(=O)NC1CCCCC1)C(=O)c1ccoc1. The van der Waals surface area contributed by atoms with Gasteiger partial charge < -0.3 is 14.6 Å². The van der Waals surface area contributed by atoms with Crippen LogP contribution in [0.2, 0.25) is 0 Å². The fourth-order valence-corrected chi connectivity index (χ4v) is 3.40.